The average Bonchev–Trinajstić information content (AvgIpc) is 2.78. The smallest absolute Gasteiger partial charge is 0.412 e. The molecule has 7 nitrogen and oxygen atoms in total. The minimum atomic E-state index is -0.599. The number of hydrogen-bond acceptors (Lipinski definition) is 7. The van der Waals surface area contributed by atoms with E-state index in [4.69, 9.17) is 14.2 Å². The molecule has 1 saturated heterocycles. The Morgan fingerprint density at radius 3 is 2.67 bits per heavy atom. The largest absolute Gasteiger partial charge is 0.462 e. The summed E-state index contributed by atoms with van der Waals surface area (Å²) < 4.78 is 15.6. The molecule has 0 unspecified atom stereocenters. The zero-order valence-corrected chi connectivity index (χ0v) is 15.2. The van der Waals surface area contributed by atoms with Crippen LogP contribution in [-0.2, 0) is 14.2 Å². The van der Waals surface area contributed by atoms with Gasteiger partial charge in [0.2, 0.25) is 0 Å². The fourth-order valence-electron chi connectivity index (χ4n) is 1.98. The van der Waals surface area contributed by atoms with Crippen LogP contribution in [-0.4, -0.2) is 43.5 Å². The summed E-state index contributed by atoms with van der Waals surface area (Å²) in [5.74, 6) is -0.414. The molecule has 2 rings (SSSR count). The predicted molar refractivity (Wildman–Crippen MR) is 93.0 cm³/mol. The molecule has 0 saturated carbocycles. The van der Waals surface area contributed by atoms with Crippen LogP contribution in [0.3, 0.4) is 0 Å². The number of nitrogens with one attached hydrogen (secondary N) is 2. The summed E-state index contributed by atoms with van der Waals surface area (Å²) in [6.07, 6.45) is 0.587. The van der Waals surface area contributed by atoms with Crippen molar-refractivity contribution in [3.63, 3.8) is 0 Å². The highest BCUT2D eigenvalue weighted by Crippen LogP contribution is 2.34. The molecule has 1 aliphatic rings. The van der Waals surface area contributed by atoms with Crippen molar-refractivity contribution in [2.24, 2.45) is 0 Å². The van der Waals surface area contributed by atoms with Crippen LogP contribution in [0.1, 0.15) is 43.8 Å². The van der Waals surface area contributed by atoms with Crippen molar-refractivity contribution in [2.45, 2.75) is 45.8 Å². The van der Waals surface area contributed by atoms with Gasteiger partial charge in [-0.25, -0.2) is 9.59 Å². The average molecular weight is 356 g/mol. The van der Waals surface area contributed by atoms with Crippen LogP contribution >= 0.6 is 11.3 Å². The van der Waals surface area contributed by atoms with Crippen molar-refractivity contribution in [3.8, 4) is 0 Å². The number of rotatable bonds is 6. The molecule has 1 aliphatic heterocycles. The van der Waals surface area contributed by atoms with Crippen molar-refractivity contribution < 1.29 is 23.8 Å². The Morgan fingerprint density at radius 1 is 1.42 bits per heavy atom. The monoisotopic (exact) mass is 356 g/mol. The van der Waals surface area contributed by atoms with Gasteiger partial charge in [-0.3, -0.25) is 5.32 Å². The summed E-state index contributed by atoms with van der Waals surface area (Å²) in [6, 6.07) is 1.67. The van der Waals surface area contributed by atoms with Crippen LogP contribution in [0.25, 0.3) is 0 Å². The molecule has 1 amide bonds. The van der Waals surface area contributed by atoms with Gasteiger partial charge < -0.3 is 19.5 Å². The fourth-order valence-corrected chi connectivity index (χ4v) is 2.90. The molecule has 0 bridgehead atoms. The van der Waals surface area contributed by atoms with Gasteiger partial charge in [-0.15, -0.1) is 11.3 Å². The SMILES string of the molecule is CCOC(=O)c1cc(NC[C@@H]2CCO2)c(NC(=O)OC(C)(C)C)s1. The number of hydrogen-bond donors (Lipinski definition) is 2. The topological polar surface area (TPSA) is 85.9 Å². The lowest BCUT2D eigenvalue weighted by Crippen LogP contribution is -2.33. The molecule has 1 aromatic heterocycles. The summed E-state index contributed by atoms with van der Waals surface area (Å²) in [5.41, 5.74) is 0.0583. The molecule has 0 aliphatic carbocycles. The number of esters is 1. The number of carbonyl (C=O) groups is 2. The first-order chi connectivity index (χ1) is 11.3. The Bertz CT molecular complexity index is 590. The van der Waals surface area contributed by atoms with Gasteiger partial charge in [0.1, 0.15) is 15.5 Å². The fraction of sp³-hybridized carbons (Fsp3) is 0.625. The Morgan fingerprint density at radius 2 is 2.12 bits per heavy atom. The third-order valence-corrected chi connectivity index (χ3v) is 4.17. The van der Waals surface area contributed by atoms with Crippen LogP contribution in [0.4, 0.5) is 15.5 Å². The van der Waals surface area contributed by atoms with Crippen LogP contribution in [0.2, 0.25) is 0 Å². The lowest BCUT2D eigenvalue weighted by atomic mass is 10.2. The van der Waals surface area contributed by atoms with E-state index in [0.717, 1.165) is 24.4 Å². The minimum absolute atomic E-state index is 0.158. The number of amides is 1. The zero-order chi connectivity index (χ0) is 17.7. The van der Waals surface area contributed by atoms with E-state index in [0.29, 0.717) is 28.7 Å². The Balaban J connectivity index is 2.09. The lowest BCUT2D eigenvalue weighted by Gasteiger charge is -2.27. The van der Waals surface area contributed by atoms with Gasteiger partial charge in [-0.05, 0) is 40.2 Å². The van der Waals surface area contributed by atoms with Gasteiger partial charge >= 0.3 is 12.1 Å². The molecule has 2 N–H and O–H groups in total. The second kappa shape index (κ2) is 7.85. The first kappa shape index (κ1) is 18.5. The maximum Gasteiger partial charge on any atom is 0.412 e. The lowest BCUT2D eigenvalue weighted by molar-refractivity contribution is -0.0410. The highest BCUT2D eigenvalue weighted by Gasteiger charge is 2.23. The molecule has 1 atom stereocenters. The molecule has 0 radical (unpaired) electrons. The van der Waals surface area contributed by atoms with Crippen molar-refractivity contribution in [1.29, 1.82) is 0 Å². The maximum atomic E-state index is 12.0. The van der Waals surface area contributed by atoms with Gasteiger partial charge in [-0.2, -0.15) is 0 Å². The van der Waals surface area contributed by atoms with Crippen LogP contribution < -0.4 is 10.6 Å². The molecule has 0 spiro atoms. The molecular formula is C16H24N2O5S. The predicted octanol–water partition coefficient (Wildman–Crippen LogP) is 3.47. The van der Waals surface area contributed by atoms with E-state index >= 15 is 0 Å². The standard InChI is InChI=1S/C16H24N2O5S/c1-5-21-14(19)12-8-11(17-9-10-6-7-22-10)13(24-12)18-15(20)23-16(2,3)4/h8,10,17H,5-7,9H2,1-4H3,(H,18,20)/t10-/m0/s1. The van der Waals surface area contributed by atoms with Gasteiger partial charge in [0.25, 0.3) is 0 Å². The van der Waals surface area contributed by atoms with E-state index < -0.39 is 17.7 Å². The minimum Gasteiger partial charge on any atom is -0.462 e. The van der Waals surface area contributed by atoms with Gasteiger partial charge in [0.15, 0.2) is 0 Å². The molecule has 2 heterocycles. The number of ether oxygens (including phenoxy) is 3. The van der Waals surface area contributed by atoms with Crippen LogP contribution in [0.15, 0.2) is 6.07 Å². The quantitative estimate of drug-likeness (QED) is 0.759. The molecule has 1 aromatic rings. The summed E-state index contributed by atoms with van der Waals surface area (Å²) in [4.78, 5) is 24.3. The summed E-state index contributed by atoms with van der Waals surface area (Å²) in [7, 11) is 0. The van der Waals surface area contributed by atoms with Crippen LogP contribution in [0.5, 0.6) is 0 Å². The maximum absolute atomic E-state index is 12.0. The van der Waals surface area contributed by atoms with E-state index in [1.165, 1.54) is 0 Å². The number of thiophene rings is 1. The molecule has 134 valence electrons. The first-order valence-electron chi connectivity index (χ1n) is 7.95. The van der Waals surface area contributed by atoms with E-state index in [9.17, 15) is 9.59 Å². The Labute approximate surface area is 145 Å². The molecule has 24 heavy (non-hydrogen) atoms. The third kappa shape index (κ3) is 5.38. The van der Waals surface area contributed by atoms with Crippen molar-refractivity contribution in [3.05, 3.63) is 10.9 Å². The molecule has 1 fully saturated rings. The first-order valence-corrected chi connectivity index (χ1v) is 8.76. The second-order valence-corrected chi connectivity index (χ2v) is 7.42. The number of anilines is 2. The van der Waals surface area contributed by atoms with Crippen molar-refractivity contribution in [2.75, 3.05) is 30.4 Å². The van der Waals surface area contributed by atoms with Crippen molar-refractivity contribution in [1.82, 2.24) is 0 Å². The summed E-state index contributed by atoms with van der Waals surface area (Å²) in [6.45, 7) is 8.80. The second-order valence-electron chi connectivity index (χ2n) is 6.36. The van der Waals surface area contributed by atoms with E-state index in [2.05, 4.69) is 10.6 Å². The Kier molecular flexibility index (Phi) is 6.06. The van der Waals surface area contributed by atoms with Gasteiger partial charge in [0, 0.05) is 13.2 Å². The van der Waals surface area contributed by atoms with Crippen molar-refractivity contribution >= 4 is 34.1 Å². The van der Waals surface area contributed by atoms with E-state index in [1.807, 2.05) is 0 Å². The summed E-state index contributed by atoms with van der Waals surface area (Å²) in [5, 5.41) is 6.42. The van der Waals surface area contributed by atoms with Gasteiger partial charge in [0.05, 0.1) is 18.4 Å². The normalized spacial score (nSPS) is 16.9. The highest BCUT2D eigenvalue weighted by atomic mass is 32.1. The van der Waals surface area contributed by atoms with Gasteiger partial charge in [-0.1, -0.05) is 0 Å². The molecular weight excluding hydrogens is 332 g/mol. The third-order valence-electron chi connectivity index (χ3n) is 3.14. The highest BCUT2D eigenvalue weighted by molar-refractivity contribution is 7.18. The Hall–Kier alpha value is -1.80. The number of carbonyl (C=O) groups excluding carboxylic acids is 2. The zero-order valence-electron chi connectivity index (χ0n) is 14.4. The van der Waals surface area contributed by atoms with E-state index in [-0.39, 0.29) is 6.10 Å². The summed E-state index contributed by atoms with van der Waals surface area (Å²) >= 11 is 1.15. The van der Waals surface area contributed by atoms with E-state index in [1.54, 1.807) is 33.8 Å². The molecule has 0 aromatic carbocycles. The molecule has 8 heteroatoms. The van der Waals surface area contributed by atoms with Crippen LogP contribution in [0, 0.1) is 0 Å².